The van der Waals surface area contributed by atoms with Gasteiger partial charge in [0.25, 0.3) is 0 Å². The van der Waals surface area contributed by atoms with Crippen molar-refractivity contribution in [2.75, 3.05) is 13.6 Å². The zero-order chi connectivity index (χ0) is 15.4. The summed E-state index contributed by atoms with van der Waals surface area (Å²) in [5.41, 5.74) is 1.25. The fourth-order valence-corrected chi connectivity index (χ4v) is 2.41. The number of hydrogen-bond donors (Lipinski definition) is 0. The van der Waals surface area contributed by atoms with Crippen LogP contribution in [0.2, 0.25) is 0 Å². The molecule has 1 unspecified atom stereocenters. The fourth-order valence-electron chi connectivity index (χ4n) is 2.41. The third kappa shape index (κ3) is 3.98. The molecule has 0 N–H and O–H groups in total. The number of ketones is 1. The maximum atomic E-state index is 13.6. The van der Waals surface area contributed by atoms with Gasteiger partial charge in [0.2, 0.25) is 0 Å². The van der Waals surface area contributed by atoms with Gasteiger partial charge in [-0.2, -0.15) is 5.10 Å². The van der Waals surface area contributed by atoms with Gasteiger partial charge in [0.05, 0.1) is 11.8 Å². The Morgan fingerprint density at radius 3 is 2.76 bits per heavy atom. The molecule has 0 radical (unpaired) electrons. The predicted molar refractivity (Wildman–Crippen MR) is 79.4 cm³/mol. The minimum absolute atomic E-state index is 0.161. The van der Waals surface area contributed by atoms with Gasteiger partial charge in [-0.05, 0) is 19.2 Å². The van der Waals surface area contributed by atoms with Crippen molar-refractivity contribution in [3.63, 3.8) is 0 Å². The highest BCUT2D eigenvalue weighted by atomic mass is 19.1. The molecule has 1 atom stereocenters. The molecule has 0 amide bonds. The molecule has 0 saturated heterocycles. The van der Waals surface area contributed by atoms with Crippen LogP contribution in [0, 0.1) is 11.7 Å². The van der Waals surface area contributed by atoms with Crippen molar-refractivity contribution in [1.29, 1.82) is 0 Å². The average Bonchev–Trinajstić information content (AvgIpc) is 2.83. The summed E-state index contributed by atoms with van der Waals surface area (Å²) in [5.74, 6) is -0.876. The number of carbonyl (C=O) groups excluding carboxylic acids is 1. The first kappa shape index (κ1) is 15.4. The lowest BCUT2D eigenvalue weighted by atomic mass is 9.98. The molecule has 2 rings (SSSR count). The molecule has 5 heteroatoms. The van der Waals surface area contributed by atoms with E-state index in [-0.39, 0.29) is 17.3 Å². The highest BCUT2D eigenvalue weighted by Gasteiger charge is 2.19. The fraction of sp³-hybridized carbons (Fsp3) is 0.375. The summed E-state index contributed by atoms with van der Waals surface area (Å²) in [6, 6.07) is 6.13. The summed E-state index contributed by atoms with van der Waals surface area (Å²) in [7, 11) is 3.81. The second-order valence-corrected chi connectivity index (χ2v) is 5.46. The van der Waals surface area contributed by atoms with Crippen LogP contribution in [0.25, 0.3) is 0 Å². The van der Waals surface area contributed by atoms with Crippen LogP contribution in [-0.2, 0) is 13.6 Å². The first-order valence-corrected chi connectivity index (χ1v) is 6.92. The third-order valence-corrected chi connectivity index (χ3v) is 3.38. The maximum absolute atomic E-state index is 13.6. The first-order chi connectivity index (χ1) is 9.97. The van der Waals surface area contributed by atoms with E-state index in [1.165, 1.54) is 12.1 Å². The van der Waals surface area contributed by atoms with Crippen LogP contribution in [0.4, 0.5) is 4.39 Å². The monoisotopic (exact) mass is 289 g/mol. The Bertz CT molecular complexity index is 623. The molecular formula is C16H20FN3O. The Kier molecular flexibility index (Phi) is 4.85. The molecule has 0 spiro atoms. The summed E-state index contributed by atoms with van der Waals surface area (Å²) in [6.07, 6.45) is 3.75. The molecule has 0 saturated carbocycles. The lowest BCUT2D eigenvalue weighted by molar-refractivity contribution is 0.0897. The van der Waals surface area contributed by atoms with Crippen molar-refractivity contribution >= 4 is 5.78 Å². The normalized spacial score (nSPS) is 12.6. The molecule has 4 nitrogen and oxygen atoms in total. The van der Waals surface area contributed by atoms with Crippen molar-refractivity contribution < 1.29 is 9.18 Å². The van der Waals surface area contributed by atoms with E-state index in [2.05, 4.69) is 5.10 Å². The van der Waals surface area contributed by atoms with Gasteiger partial charge in [0, 0.05) is 37.8 Å². The number of benzene rings is 1. The van der Waals surface area contributed by atoms with Crippen LogP contribution in [0.5, 0.6) is 0 Å². The minimum atomic E-state index is -0.454. The first-order valence-electron chi connectivity index (χ1n) is 6.92. The Hall–Kier alpha value is -2.01. The topological polar surface area (TPSA) is 38.1 Å². The molecule has 0 bridgehead atoms. The molecule has 0 fully saturated rings. The van der Waals surface area contributed by atoms with Crippen molar-refractivity contribution in [3.05, 3.63) is 53.6 Å². The average molecular weight is 289 g/mol. The van der Waals surface area contributed by atoms with Gasteiger partial charge in [-0.1, -0.05) is 19.1 Å². The third-order valence-electron chi connectivity index (χ3n) is 3.38. The van der Waals surface area contributed by atoms with E-state index < -0.39 is 5.82 Å². The summed E-state index contributed by atoms with van der Waals surface area (Å²) >= 11 is 0. The van der Waals surface area contributed by atoms with Crippen molar-refractivity contribution in [2.45, 2.75) is 13.5 Å². The number of halogens is 1. The standard InChI is InChI=1S/C16H20FN3O/c1-12(16(21)14-6-4-5-7-15(14)17)9-19(2)10-13-8-18-20(3)11-13/h4-8,11-12H,9-10H2,1-3H3. The summed E-state index contributed by atoms with van der Waals surface area (Å²) < 4.78 is 15.4. The van der Waals surface area contributed by atoms with E-state index in [0.717, 1.165) is 5.56 Å². The number of carbonyl (C=O) groups is 1. The highest BCUT2D eigenvalue weighted by molar-refractivity contribution is 5.98. The lowest BCUT2D eigenvalue weighted by Gasteiger charge is -2.20. The van der Waals surface area contributed by atoms with Crippen LogP contribution < -0.4 is 0 Å². The van der Waals surface area contributed by atoms with Gasteiger partial charge in [-0.15, -0.1) is 0 Å². The van der Waals surface area contributed by atoms with Gasteiger partial charge in [-0.3, -0.25) is 9.48 Å². The van der Waals surface area contributed by atoms with Crippen LogP contribution in [0.15, 0.2) is 36.7 Å². The summed E-state index contributed by atoms with van der Waals surface area (Å²) in [4.78, 5) is 14.3. The molecule has 0 aliphatic rings. The molecule has 1 aromatic heterocycles. The molecule has 21 heavy (non-hydrogen) atoms. The van der Waals surface area contributed by atoms with Gasteiger partial charge in [0.1, 0.15) is 5.82 Å². The van der Waals surface area contributed by atoms with Crippen LogP contribution >= 0.6 is 0 Å². The SMILES string of the molecule is CC(CN(C)Cc1cnn(C)c1)C(=O)c1ccccc1F. The number of rotatable bonds is 6. The quantitative estimate of drug-likeness (QED) is 0.767. The lowest BCUT2D eigenvalue weighted by Crippen LogP contribution is -2.28. The van der Waals surface area contributed by atoms with Gasteiger partial charge < -0.3 is 4.90 Å². The van der Waals surface area contributed by atoms with Gasteiger partial charge in [0.15, 0.2) is 5.78 Å². The van der Waals surface area contributed by atoms with Crippen LogP contribution in [0.3, 0.4) is 0 Å². The number of aromatic nitrogens is 2. The molecular weight excluding hydrogens is 269 g/mol. The number of hydrogen-bond acceptors (Lipinski definition) is 3. The zero-order valence-corrected chi connectivity index (χ0v) is 12.6. The van der Waals surface area contributed by atoms with E-state index in [1.54, 1.807) is 23.0 Å². The molecule has 1 heterocycles. The van der Waals surface area contributed by atoms with E-state index in [1.807, 2.05) is 32.1 Å². The molecule has 1 aromatic carbocycles. The molecule has 2 aromatic rings. The van der Waals surface area contributed by atoms with Crippen LogP contribution in [-0.4, -0.2) is 34.1 Å². The maximum Gasteiger partial charge on any atom is 0.169 e. The van der Waals surface area contributed by atoms with E-state index in [0.29, 0.717) is 13.1 Å². The second kappa shape index (κ2) is 6.63. The molecule has 112 valence electrons. The largest absolute Gasteiger partial charge is 0.301 e. The van der Waals surface area contributed by atoms with Gasteiger partial charge in [-0.25, -0.2) is 4.39 Å². The Morgan fingerprint density at radius 1 is 1.43 bits per heavy atom. The van der Waals surface area contributed by atoms with Crippen molar-refractivity contribution in [1.82, 2.24) is 14.7 Å². The van der Waals surface area contributed by atoms with Crippen LogP contribution in [0.1, 0.15) is 22.8 Å². The summed E-state index contributed by atoms with van der Waals surface area (Å²) in [6.45, 7) is 3.11. The van der Waals surface area contributed by atoms with Crippen molar-refractivity contribution in [2.24, 2.45) is 13.0 Å². The van der Waals surface area contributed by atoms with E-state index >= 15 is 0 Å². The number of Topliss-reactive ketones (excluding diaryl/α,β-unsaturated/α-hetero) is 1. The van der Waals surface area contributed by atoms with E-state index in [4.69, 9.17) is 0 Å². The van der Waals surface area contributed by atoms with Crippen molar-refractivity contribution in [3.8, 4) is 0 Å². The minimum Gasteiger partial charge on any atom is -0.301 e. The predicted octanol–water partition coefficient (Wildman–Crippen LogP) is 2.51. The Labute approximate surface area is 124 Å². The second-order valence-electron chi connectivity index (χ2n) is 5.46. The van der Waals surface area contributed by atoms with E-state index in [9.17, 15) is 9.18 Å². The molecule has 0 aliphatic heterocycles. The van der Waals surface area contributed by atoms with Gasteiger partial charge >= 0.3 is 0 Å². The molecule has 0 aliphatic carbocycles. The number of nitrogens with zero attached hydrogens (tertiary/aromatic N) is 3. The smallest absolute Gasteiger partial charge is 0.169 e. The zero-order valence-electron chi connectivity index (χ0n) is 12.6. The summed E-state index contributed by atoms with van der Waals surface area (Å²) in [5, 5.41) is 4.12. The highest BCUT2D eigenvalue weighted by Crippen LogP contribution is 2.14. The number of aryl methyl sites for hydroxylation is 1. The Balaban J connectivity index is 1.96. The Morgan fingerprint density at radius 2 is 2.14 bits per heavy atom.